The fourth-order valence-corrected chi connectivity index (χ4v) is 2.27. The second kappa shape index (κ2) is 6.21. The third kappa shape index (κ3) is 3.24. The van der Waals surface area contributed by atoms with Gasteiger partial charge in [0, 0.05) is 23.1 Å². The molecule has 0 aliphatic carbocycles. The van der Waals surface area contributed by atoms with Gasteiger partial charge in [-0.05, 0) is 30.7 Å². The molecule has 118 valence electrons. The maximum absolute atomic E-state index is 12.3. The van der Waals surface area contributed by atoms with E-state index in [2.05, 4.69) is 20.4 Å². The van der Waals surface area contributed by atoms with Crippen LogP contribution in [0.1, 0.15) is 29.5 Å². The van der Waals surface area contributed by atoms with Crippen LogP contribution < -0.4 is 10.9 Å². The Hall–Kier alpha value is -2.67. The molecule has 0 atom stereocenters. The molecule has 0 aliphatic rings. The molecule has 0 unspecified atom stereocenters. The van der Waals surface area contributed by atoms with Crippen LogP contribution in [0.25, 0.3) is 5.78 Å². The predicted octanol–water partition coefficient (Wildman–Crippen LogP) is 2.28. The number of benzene rings is 1. The average Bonchev–Trinajstić information content (AvgIpc) is 2.90. The van der Waals surface area contributed by atoms with Crippen molar-refractivity contribution in [3.05, 3.63) is 57.1 Å². The molecular formula is C15H14ClN5O2. The number of halogens is 1. The van der Waals surface area contributed by atoms with Crippen molar-refractivity contribution >= 4 is 29.1 Å². The maximum Gasteiger partial charge on any atom is 0.256 e. The zero-order valence-electron chi connectivity index (χ0n) is 12.3. The van der Waals surface area contributed by atoms with E-state index in [4.69, 9.17) is 11.6 Å². The zero-order valence-corrected chi connectivity index (χ0v) is 13.1. The lowest BCUT2D eigenvalue weighted by atomic mass is 10.2. The van der Waals surface area contributed by atoms with Gasteiger partial charge in [0.25, 0.3) is 11.5 Å². The Labute approximate surface area is 136 Å². The molecule has 2 heterocycles. The molecule has 0 bridgehead atoms. The molecule has 2 N–H and O–H groups in total. The molecule has 8 heteroatoms. The van der Waals surface area contributed by atoms with E-state index in [9.17, 15) is 9.59 Å². The number of carbonyl (C=O) groups excluding carboxylic acids is 1. The summed E-state index contributed by atoms with van der Waals surface area (Å²) < 4.78 is 1.42. The largest absolute Gasteiger partial charge is 0.306 e. The minimum absolute atomic E-state index is 0.263. The summed E-state index contributed by atoms with van der Waals surface area (Å²) in [7, 11) is 0. The van der Waals surface area contributed by atoms with Crippen molar-refractivity contribution in [1.29, 1.82) is 0 Å². The third-order valence-electron chi connectivity index (χ3n) is 3.20. The van der Waals surface area contributed by atoms with Gasteiger partial charge in [-0.15, -0.1) is 5.10 Å². The van der Waals surface area contributed by atoms with Gasteiger partial charge in [0.05, 0.1) is 0 Å². The lowest BCUT2D eigenvalue weighted by Crippen LogP contribution is -2.18. The minimum atomic E-state index is -0.362. The smallest absolute Gasteiger partial charge is 0.256 e. The highest BCUT2D eigenvalue weighted by Crippen LogP contribution is 2.12. The van der Waals surface area contributed by atoms with E-state index in [0.717, 1.165) is 6.42 Å². The molecule has 23 heavy (non-hydrogen) atoms. The number of amides is 1. The summed E-state index contributed by atoms with van der Waals surface area (Å²) in [5, 5.41) is 7.52. The molecule has 0 radical (unpaired) electrons. The first-order valence-electron chi connectivity index (χ1n) is 7.12. The molecule has 3 rings (SSSR count). The Bertz CT molecular complexity index is 914. The normalized spacial score (nSPS) is 10.9. The second-order valence-corrected chi connectivity index (χ2v) is 5.43. The highest BCUT2D eigenvalue weighted by molar-refractivity contribution is 6.30. The van der Waals surface area contributed by atoms with E-state index in [1.807, 2.05) is 6.92 Å². The van der Waals surface area contributed by atoms with Crippen molar-refractivity contribution in [1.82, 2.24) is 19.6 Å². The van der Waals surface area contributed by atoms with E-state index in [0.29, 0.717) is 28.6 Å². The van der Waals surface area contributed by atoms with Crippen molar-refractivity contribution in [2.45, 2.75) is 19.8 Å². The first-order valence-corrected chi connectivity index (χ1v) is 7.50. The zero-order chi connectivity index (χ0) is 16.4. The van der Waals surface area contributed by atoms with Gasteiger partial charge >= 0.3 is 0 Å². The Kier molecular flexibility index (Phi) is 4.12. The standard InChI is InChI=1S/C15H14ClN5O2/c1-2-3-11-17-15-19-13(22)8-12(21(15)20-11)18-14(23)9-4-6-10(16)7-5-9/h4-8H,2-3H2,1H3,(H,18,23)(H,17,19,20,22). The van der Waals surface area contributed by atoms with Crippen LogP contribution in [0.2, 0.25) is 5.02 Å². The first-order chi connectivity index (χ1) is 11.1. The fraction of sp³-hybridized carbons (Fsp3) is 0.200. The van der Waals surface area contributed by atoms with Gasteiger partial charge in [0.2, 0.25) is 5.78 Å². The molecule has 0 fully saturated rings. The van der Waals surface area contributed by atoms with Crippen LogP contribution in [0, 0.1) is 0 Å². The van der Waals surface area contributed by atoms with Crippen LogP contribution in [0.5, 0.6) is 0 Å². The molecule has 1 amide bonds. The number of hydrogen-bond donors (Lipinski definition) is 2. The molecular weight excluding hydrogens is 318 g/mol. The minimum Gasteiger partial charge on any atom is -0.306 e. The average molecular weight is 332 g/mol. The monoisotopic (exact) mass is 331 g/mol. The summed E-state index contributed by atoms with van der Waals surface area (Å²) in [6.45, 7) is 2.01. The highest BCUT2D eigenvalue weighted by Gasteiger charge is 2.12. The van der Waals surface area contributed by atoms with Crippen molar-refractivity contribution in [2.75, 3.05) is 5.32 Å². The number of fused-ring (bicyclic) bond motifs is 1. The molecule has 0 saturated heterocycles. The number of aromatic nitrogens is 4. The summed E-state index contributed by atoms with van der Waals surface area (Å²) in [5.41, 5.74) is 0.0658. The number of rotatable bonds is 4. The molecule has 2 aromatic heterocycles. The summed E-state index contributed by atoms with van der Waals surface area (Å²) in [6, 6.07) is 7.72. The fourth-order valence-electron chi connectivity index (χ4n) is 2.14. The van der Waals surface area contributed by atoms with Gasteiger partial charge in [-0.2, -0.15) is 9.50 Å². The number of hydrogen-bond acceptors (Lipinski definition) is 4. The lowest BCUT2D eigenvalue weighted by Gasteiger charge is -2.06. The van der Waals surface area contributed by atoms with Crippen LogP contribution in [-0.2, 0) is 6.42 Å². The predicted molar refractivity (Wildman–Crippen MR) is 87.0 cm³/mol. The molecule has 7 nitrogen and oxygen atoms in total. The van der Waals surface area contributed by atoms with Gasteiger partial charge in [-0.25, -0.2) is 0 Å². The van der Waals surface area contributed by atoms with E-state index in [1.165, 1.54) is 10.6 Å². The van der Waals surface area contributed by atoms with Crippen LogP contribution in [0.15, 0.2) is 35.1 Å². The lowest BCUT2D eigenvalue weighted by molar-refractivity contribution is 0.102. The van der Waals surface area contributed by atoms with Crippen LogP contribution in [0.4, 0.5) is 5.82 Å². The Morgan fingerprint density at radius 2 is 2.09 bits per heavy atom. The number of H-pyrrole nitrogens is 1. The van der Waals surface area contributed by atoms with E-state index in [-0.39, 0.29) is 17.3 Å². The van der Waals surface area contributed by atoms with Crippen molar-refractivity contribution in [2.24, 2.45) is 0 Å². The number of aryl methyl sites for hydroxylation is 1. The topological polar surface area (TPSA) is 92.1 Å². The molecule has 1 aromatic carbocycles. The van der Waals surface area contributed by atoms with E-state index < -0.39 is 0 Å². The Morgan fingerprint density at radius 1 is 1.35 bits per heavy atom. The summed E-state index contributed by atoms with van der Waals surface area (Å²) >= 11 is 5.81. The number of anilines is 1. The van der Waals surface area contributed by atoms with Gasteiger partial charge in [0.15, 0.2) is 5.82 Å². The summed E-state index contributed by atoms with van der Waals surface area (Å²) in [6.07, 6.45) is 1.57. The highest BCUT2D eigenvalue weighted by atomic mass is 35.5. The summed E-state index contributed by atoms with van der Waals surface area (Å²) in [4.78, 5) is 30.9. The maximum atomic E-state index is 12.3. The molecule has 0 saturated carbocycles. The molecule has 3 aromatic rings. The van der Waals surface area contributed by atoms with Crippen LogP contribution in [-0.4, -0.2) is 25.5 Å². The van der Waals surface area contributed by atoms with Gasteiger partial charge in [0.1, 0.15) is 5.82 Å². The van der Waals surface area contributed by atoms with Gasteiger partial charge in [-0.1, -0.05) is 18.5 Å². The van der Waals surface area contributed by atoms with Crippen molar-refractivity contribution in [3.8, 4) is 0 Å². The Balaban J connectivity index is 1.96. The third-order valence-corrected chi connectivity index (χ3v) is 3.46. The quantitative estimate of drug-likeness (QED) is 0.767. The SMILES string of the molecule is CCCc1nc2[nH]c(=O)cc(NC(=O)c3ccc(Cl)cc3)n2n1. The number of carbonyl (C=O) groups is 1. The Morgan fingerprint density at radius 3 is 2.78 bits per heavy atom. The molecule has 0 spiro atoms. The van der Waals surface area contributed by atoms with E-state index in [1.54, 1.807) is 24.3 Å². The van der Waals surface area contributed by atoms with Crippen molar-refractivity contribution in [3.63, 3.8) is 0 Å². The van der Waals surface area contributed by atoms with Gasteiger partial charge < -0.3 is 5.32 Å². The van der Waals surface area contributed by atoms with Crippen LogP contribution in [0.3, 0.4) is 0 Å². The summed E-state index contributed by atoms with van der Waals surface area (Å²) in [5.74, 6) is 0.809. The first kappa shape index (κ1) is 15.2. The molecule has 0 aliphatic heterocycles. The van der Waals surface area contributed by atoms with Crippen LogP contribution >= 0.6 is 11.6 Å². The number of aromatic amines is 1. The number of nitrogens with zero attached hydrogens (tertiary/aromatic N) is 3. The second-order valence-electron chi connectivity index (χ2n) is 4.99. The van der Waals surface area contributed by atoms with E-state index >= 15 is 0 Å². The number of nitrogens with one attached hydrogen (secondary N) is 2. The van der Waals surface area contributed by atoms with Crippen molar-refractivity contribution < 1.29 is 4.79 Å². The van der Waals surface area contributed by atoms with Gasteiger partial charge in [-0.3, -0.25) is 14.6 Å².